The van der Waals surface area contributed by atoms with Gasteiger partial charge in [0.25, 0.3) is 0 Å². The van der Waals surface area contributed by atoms with E-state index < -0.39 is 0 Å². The normalized spacial score (nSPS) is 12.6. The van der Waals surface area contributed by atoms with Crippen molar-refractivity contribution in [3.63, 3.8) is 0 Å². The highest BCUT2D eigenvalue weighted by Gasteiger charge is 2.13. The summed E-state index contributed by atoms with van der Waals surface area (Å²) in [5.41, 5.74) is 2.70. The summed E-state index contributed by atoms with van der Waals surface area (Å²) in [4.78, 5) is 1.39. The minimum Gasteiger partial charge on any atom is -0.309 e. The number of hydrogen-bond acceptors (Lipinski definition) is 2. The van der Waals surface area contributed by atoms with E-state index in [1.165, 1.54) is 19.8 Å². The first-order chi connectivity index (χ1) is 8.69. The van der Waals surface area contributed by atoms with Crippen molar-refractivity contribution in [3.8, 4) is 0 Å². The first-order valence-electron chi connectivity index (χ1n) is 6.23. The third-order valence-corrected chi connectivity index (χ3v) is 4.69. The molecule has 0 bridgehead atoms. The number of benzene rings is 1. The molecule has 3 heteroatoms. The first kappa shape index (κ1) is 13.8. The zero-order valence-corrected chi connectivity index (χ0v) is 13.1. The molecule has 1 aromatic carbocycles. The van der Waals surface area contributed by atoms with Crippen molar-refractivity contribution in [1.29, 1.82) is 0 Å². The molecule has 18 heavy (non-hydrogen) atoms. The molecule has 1 heterocycles. The van der Waals surface area contributed by atoms with Gasteiger partial charge in [-0.2, -0.15) is 0 Å². The molecule has 1 unspecified atom stereocenters. The van der Waals surface area contributed by atoms with Gasteiger partial charge in [0.2, 0.25) is 0 Å². The van der Waals surface area contributed by atoms with E-state index in [1.807, 2.05) is 11.3 Å². The van der Waals surface area contributed by atoms with Gasteiger partial charge < -0.3 is 5.32 Å². The second kappa shape index (κ2) is 6.50. The fourth-order valence-electron chi connectivity index (χ4n) is 2.00. The second-order valence-corrected chi connectivity index (χ2v) is 6.94. The molecule has 0 saturated carbocycles. The van der Waals surface area contributed by atoms with E-state index in [2.05, 4.69) is 71.5 Å². The molecule has 0 saturated heterocycles. The maximum Gasteiger partial charge on any atom is 0.0701 e. The van der Waals surface area contributed by atoms with Crippen LogP contribution in [0, 0.1) is 6.92 Å². The summed E-state index contributed by atoms with van der Waals surface area (Å²) < 4.78 is 1.20. The average molecular weight is 324 g/mol. The van der Waals surface area contributed by atoms with E-state index in [0.717, 1.165) is 13.0 Å². The molecule has 1 nitrogen and oxygen atoms in total. The molecular formula is C15H18BrNS. The highest BCUT2D eigenvalue weighted by molar-refractivity contribution is 9.11. The van der Waals surface area contributed by atoms with Gasteiger partial charge in [-0.3, -0.25) is 0 Å². The van der Waals surface area contributed by atoms with E-state index in [4.69, 9.17) is 0 Å². The third kappa shape index (κ3) is 3.67. The van der Waals surface area contributed by atoms with Crippen LogP contribution < -0.4 is 5.32 Å². The number of thiophene rings is 1. The number of nitrogens with one attached hydrogen (secondary N) is 1. The van der Waals surface area contributed by atoms with Gasteiger partial charge in [0.15, 0.2) is 0 Å². The fourth-order valence-corrected chi connectivity index (χ4v) is 3.49. The molecule has 2 rings (SSSR count). The van der Waals surface area contributed by atoms with Crippen LogP contribution in [0.15, 0.2) is 40.2 Å². The lowest BCUT2D eigenvalue weighted by molar-refractivity contribution is 0.558. The lowest BCUT2D eigenvalue weighted by Gasteiger charge is -2.16. The molecule has 0 spiro atoms. The molecule has 0 fully saturated rings. The first-order valence-corrected chi connectivity index (χ1v) is 7.84. The maximum absolute atomic E-state index is 3.56. The van der Waals surface area contributed by atoms with Crippen LogP contribution in [-0.4, -0.2) is 6.54 Å². The van der Waals surface area contributed by atoms with Gasteiger partial charge >= 0.3 is 0 Å². The SMILES string of the molecule is CCNC(Cc1ccc(C)cc1)c1ccc(Br)s1. The number of halogens is 1. The van der Waals surface area contributed by atoms with Crippen LogP contribution in [-0.2, 0) is 6.42 Å². The smallest absolute Gasteiger partial charge is 0.0701 e. The van der Waals surface area contributed by atoms with Crippen LogP contribution in [0.3, 0.4) is 0 Å². The highest BCUT2D eigenvalue weighted by Crippen LogP contribution is 2.29. The van der Waals surface area contributed by atoms with Gasteiger partial charge in [-0.25, -0.2) is 0 Å². The summed E-state index contributed by atoms with van der Waals surface area (Å²) in [5.74, 6) is 0. The number of likely N-dealkylation sites (N-methyl/N-ethyl adjacent to an activating group) is 1. The van der Waals surface area contributed by atoms with Gasteiger partial charge in [-0.1, -0.05) is 36.8 Å². The Hall–Kier alpha value is -0.640. The van der Waals surface area contributed by atoms with Crippen molar-refractivity contribution >= 4 is 27.3 Å². The van der Waals surface area contributed by atoms with Crippen LogP contribution in [0.2, 0.25) is 0 Å². The molecule has 96 valence electrons. The largest absolute Gasteiger partial charge is 0.309 e. The Morgan fingerprint density at radius 2 is 1.89 bits per heavy atom. The molecule has 0 amide bonds. The third-order valence-electron chi connectivity index (χ3n) is 2.95. The van der Waals surface area contributed by atoms with Gasteiger partial charge in [0, 0.05) is 10.9 Å². The van der Waals surface area contributed by atoms with Gasteiger partial charge in [0.05, 0.1) is 3.79 Å². The lowest BCUT2D eigenvalue weighted by atomic mass is 10.0. The predicted octanol–water partition coefficient (Wildman–Crippen LogP) is 4.71. The summed E-state index contributed by atoms with van der Waals surface area (Å²) in [5, 5.41) is 3.56. The van der Waals surface area contributed by atoms with Crippen LogP contribution in [0.4, 0.5) is 0 Å². The predicted molar refractivity (Wildman–Crippen MR) is 83.3 cm³/mol. The van der Waals surface area contributed by atoms with Crippen molar-refractivity contribution in [2.45, 2.75) is 26.3 Å². The van der Waals surface area contributed by atoms with E-state index in [0.29, 0.717) is 6.04 Å². The van der Waals surface area contributed by atoms with Crippen LogP contribution in [0.5, 0.6) is 0 Å². The molecule has 1 atom stereocenters. The molecule has 1 aromatic heterocycles. The Morgan fingerprint density at radius 1 is 1.17 bits per heavy atom. The van der Waals surface area contributed by atoms with Crippen molar-refractivity contribution < 1.29 is 0 Å². The van der Waals surface area contributed by atoms with E-state index in [-0.39, 0.29) is 0 Å². The Kier molecular flexibility index (Phi) is 4.98. The monoisotopic (exact) mass is 323 g/mol. The summed E-state index contributed by atoms with van der Waals surface area (Å²) in [6.07, 6.45) is 1.04. The highest BCUT2D eigenvalue weighted by atomic mass is 79.9. The fraction of sp³-hybridized carbons (Fsp3) is 0.333. The number of aryl methyl sites for hydroxylation is 1. The Bertz CT molecular complexity index is 489. The van der Waals surface area contributed by atoms with Gasteiger partial charge in [0.1, 0.15) is 0 Å². The Labute approximate surface area is 121 Å². The molecule has 0 aliphatic carbocycles. The summed E-state index contributed by atoms with van der Waals surface area (Å²) in [6.45, 7) is 5.28. The number of hydrogen-bond donors (Lipinski definition) is 1. The van der Waals surface area contributed by atoms with E-state index >= 15 is 0 Å². The standard InChI is InChI=1S/C15H18BrNS/c1-3-17-13(14-8-9-15(16)18-14)10-12-6-4-11(2)5-7-12/h4-9,13,17H,3,10H2,1-2H3. The second-order valence-electron chi connectivity index (χ2n) is 4.44. The Morgan fingerprint density at radius 3 is 2.44 bits per heavy atom. The average Bonchev–Trinajstić information content (AvgIpc) is 2.78. The van der Waals surface area contributed by atoms with E-state index in [1.54, 1.807) is 0 Å². The number of rotatable bonds is 5. The van der Waals surface area contributed by atoms with Crippen LogP contribution in [0.1, 0.15) is 29.0 Å². The Balaban J connectivity index is 2.13. The van der Waals surface area contributed by atoms with Gasteiger partial charge in [-0.15, -0.1) is 11.3 Å². The molecular weight excluding hydrogens is 306 g/mol. The van der Waals surface area contributed by atoms with Crippen LogP contribution in [0.25, 0.3) is 0 Å². The maximum atomic E-state index is 3.56. The van der Waals surface area contributed by atoms with Crippen molar-refractivity contribution in [2.24, 2.45) is 0 Å². The zero-order valence-electron chi connectivity index (χ0n) is 10.7. The van der Waals surface area contributed by atoms with Gasteiger partial charge in [-0.05, 0) is 53.5 Å². The van der Waals surface area contributed by atoms with Crippen LogP contribution >= 0.6 is 27.3 Å². The molecule has 0 radical (unpaired) electrons. The minimum absolute atomic E-state index is 0.411. The topological polar surface area (TPSA) is 12.0 Å². The summed E-state index contributed by atoms with van der Waals surface area (Å²) in [6, 6.07) is 13.6. The zero-order chi connectivity index (χ0) is 13.0. The quantitative estimate of drug-likeness (QED) is 0.840. The van der Waals surface area contributed by atoms with E-state index in [9.17, 15) is 0 Å². The van der Waals surface area contributed by atoms with Crippen molar-refractivity contribution in [3.05, 3.63) is 56.2 Å². The molecule has 2 aromatic rings. The molecule has 1 N–H and O–H groups in total. The van der Waals surface area contributed by atoms with Crippen molar-refractivity contribution in [1.82, 2.24) is 5.32 Å². The minimum atomic E-state index is 0.411. The molecule has 0 aliphatic rings. The summed E-state index contributed by atoms with van der Waals surface area (Å²) >= 11 is 5.35. The lowest BCUT2D eigenvalue weighted by Crippen LogP contribution is -2.22. The molecule has 0 aliphatic heterocycles. The van der Waals surface area contributed by atoms with Crippen molar-refractivity contribution in [2.75, 3.05) is 6.54 Å². The summed E-state index contributed by atoms with van der Waals surface area (Å²) in [7, 11) is 0.